The van der Waals surface area contributed by atoms with Gasteiger partial charge in [0.25, 0.3) is 0 Å². The summed E-state index contributed by atoms with van der Waals surface area (Å²) in [5, 5.41) is 3.05. The minimum atomic E-state index is -0.0474. The van der Waals surface area contributed by atoms with Crippen molar-refractivity contribution in [3.8, 4) is 23.0 Å². The van der Waals surface area contributed by atoms with Gasteiger partial charge in [-0.1, -0.05) is 19.4 Å². The average Bonchev–Trinajstić information content (AvgIpc) is 2.84. The standard InChI is InChI=1S/C26H36N2O5/c1-6-7-13-27-25(29)17-28-14-12-19-21(30-2)10-11-23(32-4)26(19)20(28)15-18-8-9-22(31-3)24(16-18)33-5/h8-11,16,20H,6-7,12-15,17H2,1-5H3,(H,27,29). The first-order valence-electron chi connectivity index (χ1n) is 11.5. The normalized spacial score (nSPS) is 15.5. The Morgan fingerprint density at radius 3 is 2.30 bits per heavy atom. The van der Waals surface area contributed by atoms with Gasteiger partial charge in [0.15, 0.2) is 11.5 Å². The molecule has 2 aromatic carbocycles. The van der Waals surface area contributed by atoms with E-state index in [0.717, 1.165) is 54.0 Å². The van der Waals surface area contributed by atoms with Gasteiger partial charge in [0.05, 0.1) is 35.0 Å². The fourth-order valence-corrected chi connectivity index (χ4v) is 4.51. The number of carbonyl (C=O) groups is 1. The molecule has 0 bridgehead atoms. The third kappa shape index (κ3) is 5.71. The summed E-state index contributed by atoms with van der Waals surface area (Å²) in [6, 6.07) is 9.82. The predicted octanol–water partition coefficient (Wildman–Crippen LogP) is 3.78. The molecule has 1 atom stereocenters. The van der Waals surface area contributed by atoms with Crippen molar-refractivity contribution in [3.63, 3.8) is 0 Å². The van der Waals surface area contributed by atoms with Gasteiger partial charge in [-0.05, 0) is 49.1 Å². The van der Waals surface area contributed by atoms with Gasteiger partial charge < -0.3 is 24.3 Å². The number of methoxy groups -OCH3 is 4. The van der Waals surface area contributed by atoms with Crippen LogP contribution in [0.25, 0.3) is 0 Å². The second-order valence-corrected chi connectivity index (χ2v) is 8.20. The van der Waals surface area contributed by atoms with Crippen molar-refractivity contribution in [1.29, 1.82) is 0 Å². The zero-order valence-corrected chi connectivity index (χ0v) is 20.4. The molecule has 0 saturated carbocycles. The number of unbranched alkanes of at least 4 members (excludes halogenated alkanes) is 1. The topological polar surface area (TPSA) is 69.3 Å². The van der Waals surface area contributed by atoms with Crippen LogP contribution in [0.5, 0.6) is 23.0 Å². The Morgan fingerprint density at radius 1 is 0.970 bits per heavy atom. The van der Waals surface area contributed by atoms with Crippen LogP contribution in [0.3, 0.4) is 0 Å². The van der Waals surface area contributed by atoms with E-state index >= 15 is 0 Å². The molecule has 0 radical (unpaired) electrons. The lowest BCUT2D eigenvalue weighted by Crippen LogP contribution is -2.43. The summed E-state index contributed by atoms with van der Waals surface area (Å²) in [5.41, 5.74) is 3.32. The van der Waals surface area contributed by atoms with Gasteiger partial charge in [0, 0.05) is 30.3 Å². The number of hydrogen-bond donors (Lipinski definition) is 1. The number of fused-ring (bicyclic) bond motifs is 1. The van der Waals surface area contributed by atoms with Gasteiger partial charge in [-0.3, -0.25) is 9.69 Å². The van der Waals surface area contributed by atoms with Crippen molar-refractivity contribution in [2.24, 2.45) is 0 Å². The van der Waals surface area contributed by atoms with Gasteiger partial charge in [0.2, 0.25) is 5.91 Å². The molecule has 33 heavy (non-hydrogen) atoms. The van der Waals surface area contributed by atoms with Crippen LogP contribution in [0.15, 0.2) is 30.3 Å². The number of nitrogens with one attached hydrogen (secondary N) is 1. The molecule has 0 fully saturated rings. The molecular formula is C26H36N2O5. The van der Waals surface area contributed by atoms with Crippen molar-refractivity contribution in [1.82, 2.24) is 10.2 Å². The monoisotopic (exact) mass is 456 g/mol. The Bertz CT molecular complexity index is 947. The predicted molar refractivity (Wildman–Crippen MR) is 129 cm³/mol. The largest absolute Gasteiger partial charge is 0.496 e. The molecule has 2 aromatic rings. The van der Waals surface area contributed by atoms with Crippen LogP contribution in [0.2, 0.25) is 0 Å². The van der Waals surface area contributed by atoms with Gasteiger partial charge >= 0.3 is 0 Å². The highest BCUT2D eigenvalue weighted by Crippen LogP contribution is 2.43. The summed E-state index contributed by atoms with van der Waals surface area (Å²) in [6.07, 6.45) is 3.52. The van der Waals surface area contributed by atoms with Crippen LogP contribution in [0.4, 0.5) is 0 Å². The number of benzene rings is 2. The molecule has 0 saturated heterocycles. The molecule has 0 aromatic heterocycles. The third-order valence-corrected chi connectivity index (χ3v) is 6.21. The Morgan fingerprint density at radius 2 is 1.64 bits per heavy atom. The number of ether oxygens (including phenoxy) is 4. The van der Waals surface area contributed by atoms with Crippen molar-refractivity contribution >= 4 is 5.91 Å². The Labute approximate surface area is 197 Å². The lowest BCUT2D eigenvalue weighted by Gasteiger charge is -2.38. The number of carbonyl (C=O) groups excluding carboxylic acids is 1. The summed E-state index contributed by atoms with van der Waals surface area (Å²) in [4.78, 5) is 15.0. The quantitative estimate of drug-likeness (QED) is 0.519. The van der Waals surface area contributed by atoms with Crippen molar-refractivity contribution in [2.45, 2.75) is 38.6 Å². The highest BCUT2D eigenvalue weighted by Gasteiger charge is 2.33. The third-order valence-electron chi connectivity index (χ3n) is 6.21. The van der Waals surface area contributed by atoms with Crippen molar-refractivity contribution in [3.05, 3.63) is 47.0 Å². The smallest absolute Gasteiger partial charge is 0.234 e. The number of amides is 1. The fourth-order valence-electron chi connectivity index (χ4n) is 4.51. The molecule has 1 N–H and O–H groups in total. The zero-order valence-electron chi connectivity index (χ0n) is 20.4. The SMILES string of the molecule is CCCCNC(=O)CN1CCc2c(OC)ccc(OC)c2C1Cc1ccc(OC)c(OC)c1. The fraction of sp³-hybridized carbons (Fsp3) is 0.500. The molecule has 1 amide bonds. The Balaban J connectivity index is 1.97. The molecule has 180 valence electrons. The Kier molecular flexibility index (Phi) is 8.83. The minimum absolute atomic E-state index is 0.0473. The van der Waals surface area contributed by atoms with Gasteiger partial charge in [0.1, 0.15) is 11.5 Å². The van der Waals surface area contributed by atoms with Crippen LogP contribution in [0.1, 0.15) is 42.5 Å². The first-order chi connectivity index (χ1) is 16.1. The van der Waals surface area contributed by atoms with E-state index in [1.807, 2.05) is 30.3 Å². The number of hydrogen-bond acceptors (Lipinski definition) is 6. The number of rotatable bonds is 11. The van der Waals surface area contributed by atoms with E-state index in [-0.39, 0.29) is 11.9 Å². The van der Waals surface area contributed by atoms with Crippen LogP contribution < -0.4 is 24.3 Å². The molecule has 1 heterocycles. The maximum absolute atomic E-state index is 12.7. The van der Waals surface area contributed by atoms with E-state index in [9.17, 15) is 4.79 Å². The highest BCUT2D eigenvalue weighted by molar-refractivity contribution is 5.78. The Hall–Kier alpha value is -2.93. The molecule has 0 spiro atoms. The van der Waals surface area contributed by atoms with E-state index in [2.05, 4.69) is 17.1 Å². The summed E-state index contributed by atoms with van der Waals surface area (Å²) in [5.74, 6) is 3.10. The molecule has 1 aliphatic heterocycles. The second-order valence-electron chi connectivity index (χ2n) is 8.20. The lowest BCUT2D eigenvalue weighted by molar-refractivity contribution is -0.123. The van der Waals surface area contributed by atoms with Crippen molar-refractivity contribution < 1.29 is 23.7 Å². The zero-order chi connectivity index (χ0) is 23.8. The van der Waals surface area contributed by atoms with E-state index in [1.165, 1.54) is 0 Å². The summed E-state index contributed by atoms with van der Waals surface area (Å²) in [7, 11) is 6.65. The minimum Gasteiger partial charge on any atom is -0.496 e. The summed E-state index contributed by atoms with van der Waals surface area (Å²) in [6.45, 7) is 3.92. The molecule has 0 aliphatic carbocycles. The molecule has 7 heteroatoms. The second kappa shape index (κ2) is 11.8. The van der Waals surface area contributed by atoms with Gasteiger partial charge in [-0.15, -0.1) is 0 Å². The molecular weight excluding hydrogens is 420 g/mol. The maximum Gasteiger partial charge on any atom is 0.234 e. The highest BCUT2D eigenvalue weighted by atomic mass is 16.5. The van der Waals surface area contributed by atoms with Crippen LogP contribution in [-0.2, 0) is 17.6 Å². The number of nitrogens with zero attached hydrogens (tertiary/aromatic N) is 1. The maximum atomic E-state index is 12.7. The molecule has 1 aliphatic rings. The lowest BCUT2D eigenvalue weighted by atomic mass is 9.87. The average molecular weight is 457 g/mol. The van der Waals surface area contributed by atoms with Gasteiger partial charge in [-0.25, -0.2) is 0 Å². The van der Waals surface area contributed by atoms with Gasteiger partial charge in [-0.2, -0.15) is 0 Å². The van der Waals surface area contributed by atoms with E-state index in [1.54, 1.807) is 28.4 Å². The molecule has 7 nitrogen and oxygen atoms in total. The van der Waals surface area contributed by atoms with Crippen LogP contribution in [-0.4, -0.2) is 58.9 Å². The summed E-state index contributed by atoms with van der Waals surface area (Å²) < 4.78 is 22.4. The molecule has 1 unspecified atom stereocenters. The van der Waals surface area contributed by atoms with E-state index in [4.69, 9.17) is 18.9 Å². The van der Waals surface area contributed by atoms with Crippen molar-refractivity contribution in [2.75, 3.05) is 48.1 Å². The van der Waals surface area contributed by atoms with Crippen LogP contribution >= 0.6 is 0 Å². The van der Waals surface area contributed by atoms with E-state index < -0.39 is 0 Å². The first-order valence-corrected chi connectivity index (χ1v) is 11.5. The summed E-state index contributed by atoms with van der Waals surface area (Å²) >= 11 is 0. The van der Waals surface area contributed by atoms with E-state index in [0.29, 0.717) is 31.0 Å². The molecule has 3 rings (SSSR count). The first kappa shape index (κ1) is 24.7. The van der Waals surface area contributed by atoms with Crippen LogP contribution in [0, 0.1) is 0 Å².